The number of nitrogens with zero attached hydrogens (tertiary/aromatic N) is 1. The van der Waals surface area contributed by atoms with Crippen LogP contribution in [0.3, 0.4) is 0 Å². The Bertz CT molecular complexity index is 103. The van der Waals surface area contributed by atoms with Crippen molar-refractivity contribution in [2.24, 2.45) is 0 Å². The second-order valence-electron chi connectivity index (χ2n) is 1.37. The molecule has 1 nitrogen and oxygen atoms in total. The summed E-state index contributed by atoms with van der Waals surface area (Å²) in [6, 6.07) is 0. The molecule has 0 fully saturated rings. The first-order chi connectivity index (χ1) is 2.84. The lowest BCUT2D eigenvalue weighted by Crippen LogP contribution is -1.81. The fourth-order valence-corrected chi connectivity index (χ4v) is 0.366. The van der Waals surface area contributed by atoms with Gasteiger partial charge in [-0.25, -0.2) is 0 Å². The molecule has 0 aromatic carbocycles. The molecule has 0 N–H and O–H groups in total. The molecule has 0 radical (unpaired) electrons. The van der Waals surface area contributed by atoms with E-state index in [1.54, 1.807) is 0 Å². The van der Waals surface area contributed by atoms with Crippen molar-refractivity contribution in [2.45, 2.75) is 0 Å². The highest BCUT2D eigenvalue weighted by Gasteiger charge is 2.08. The Balaban J connectivity index is 2.42. The molecule has 1 heterocycles. The van der Waals surface area contributed by atoms with Gasteiger partial charge in [0.15, 0.2) is 0 Å². The Morgan fingerprint density at radius 2 is 2.50 bits per heavy atom. The van der Waals surface area contributed by atoms with Crippen LogP contribution in [0.1, 0.15) is 0 Å². The third-order valence-electron chi connectivity index (χ3n) is 0.875. The molecule has 0 aromatic heterocycles. The van der Waals surface area contributed by atoms with Gasteiger partial charge in [0, 0.05) is 13.2 Å². The van der Waals surface area contributed by atoms with Crippen LogP contribution in [0.15, 0.2) is 24.6 Å². The van der Waals surface area contributed by atoms with Crippen molar-refractivity contribution in [3.63, 3.8) is 0 Å². The van der Waals surface area contributed by atoms with Crippen LogP contribution in [0.5, 0.6) is 0 Å². The minimum Gasteiger partial charge on any atom is -0.348 e. The average Bonchev–Trinajstić information content (AvgIpc) is 2.19. The van der Waals surface area contributed by atoms with Gasteiger partial charge in [0.25, 0.3) is 0 Å². The van der Waals surface area contributed by atoms with Gasteiger partial charge in [-0.05, 0) is 6.08 Å². The molecule has 0 spiro atoms. The molecule has 1 rings (SSSR count). The molecule has 0 aromatic rings. The molecule has 32 valence electrons. The molecule has 0 unspecified atom stereocenters. The highest BCUT2D eigenvalue weighted by atomic mass is 15.2. The third kappa shape index (κ3) is 0.322. The van der Waals surface area contributed by atoms with Crippen molar-refractivity contribution in [1.82, 2.24) is 4.90 Å². The van der Waals surface area contributed by atoms with E-state index in [1.807, 2.05) is 24.2 Å². The highest BCUT2D eigenvalue weighted by molar-refractivity contribution is 5.27. The second-order valence-corrected chi connectivity index (χ2v) is 1.37. The molecule has 0 bridgehead atoms. The zero-order chi connectivity index (χ0) is 4.57. The normalized spacial score (nSPS) is 16.8. The van der Waals surface area contributed by atoms with Crippen molar-refractivity contribution in [1.29, 1.82) is 0 Å². The van der Waals surface area contributed by atoms with Gasteiger partial charge < -0.3 is 4.90 Å². The fraction of sp³-hybridized carbons (Fsp3) is 0.200. The van der Waals surface area contributed by atoms with Crippen LogP contribution in [0, 0.1) is 0 Å². The van der Waals surface area contributed by atoms with E-state index in [2.05, 4.69) is 6.58 Å². The van der Waals surface area contributed by atoms with Gasteiger partial charge in [-0.2, -0.15) is 0 Å². The number of hydrogen-bond donors (Lipinski definition) is 0. The molecular weight excluding hydrogens is 74.1 g/mol. The number of allylic oxidation sites excluding steroid dienone is 1. The Hall–Kier alpha value is -0.720. The third-order valence-corrected chi connectivity index (χ3v) is 0.875. The molecule has 0 aliphatic carbocycles. The molecule has 0 saturated carbocycles. The second kappa shape index (κ2) is 0.869. The lowest BCUT2D eigenvalue weighted by molar-refractivity contribution is 0.734. The van der Waals surface area contributed by atoms with Crippen molar-refractivity contribution in [3.05, 3.63) is 24.6 Å². The number of likely N-dealkylation sites (N-methyl/N-ethyl adjacent to an activating group) is 1. The first kappa shape index (κ1) is 3.47. The van der Waals surface area contributed by atoms with E-state index in [4.69, 9.17) is 0 Å². The predicted molar refractivity (Wildman–Crippen MR) is 26.0 cm³/mol. The van der Waals surface area contributed by atoms with E-state index in [0.29, 0.717) is 0 Å². The topological polar surface area (TPSA) is 3.01 Å². The Morgan fingerprint density at radius 3 is 2.50 bits per heavy atom. The van der Waals surface area contributed by atoms with Crippen LogP contribution >= 0.6 is 0 Å². The van der Waals surface area contributed by atoms with E-state index in [9.17, 15) is 0 Å². The summed E-state index contributed by atoms with van der Waals surface area (Å²) in [5, 5.41) is 0. The first-order valence-corrected chi connectivity index (χ1v) is 1.91. The Labute approximate surface area is 37.6 Å². The molecular formula is C5H7N. The maximum atomic E-state index is 3.56. The van der Waals surface area contributed by atoms with Gasteiger partial charge in [0.1, 0.15) is 0 Å². The summed E-state index contributed by atoms with van der Waals surface area (Å²) in [6.07, 6.45) is 3.85. The van der Waals surface area contributed by atoms with Gasteiger partial charge in [0.2, 0.25) is 0 Å². The molecule has 0 saturated heterocycles. The average molecular weight is 81.1 g/mol. The standard InChI is InChI=1S/C5H7N/c1-3-5-4-6(5)2/h3-4H,1H2,2H3. The predicted octanol–water partition coefficient (Wildman–Crippen LogP) is 0.959. The Morgan fingerprint density at radius 1 is 2.00 bits per heavy atom. The zero-order valence-corrected chi connectivity index (χ0v) is 3.81. The van der Waals surface area contributed by atoms with Gasteiger partial charge in [0.05, 0.1) is 5.70 Å². The maximum Gasteiger partial charge on any atom is 0.0563 e. The van der Waals surface area contributed by atoms with E-state index >= 15 is 0 Å². The van der Waals surface area contributed by atoms with E-state index in [-0.39, 0.29) is 0 Å². The van der Waals surface area contributed by atoms with Gasteiger partial charge in [-0.1, -0.05) is 6.58 Å². The maximum absolute atomic E-state index is 3.56. The van der Waals surface area contributed by atoms with Crippen molar-refractivity contribution in [2.75, 3.05) is 7.05 Å². The summed E-state index contributed by atoms with van der Waals surface area (Å²) in [4.78, 5) is 2.02. The molecule has 1 aliphatic rings. The van der Waals surface area contributed by atoms with Crippen LogP contribution in [0.25, 0.3) is 0 Å². The molecule has 0 amide bonds. The minimum atomic E-state index is 1.23. The van der Waals surface area contributed by atoms with Crippen LogP contribution in [-0.4, -0.2) is 11.9 Å². The first-order valence-electron chi connectivity index (χ1n) is 1.91. The number of rotatable bonds is 1. The monoisotopic (exact) mass is 81.1 g/mol. The minimum absolute atomic E-state index is 1.23. The van der Waals surface area contributed by atoms with Gasteiger partial charge in [-0.15, -0.1) is 0 Å². The highest BCUT2D eigenvalue weighted by Crippen LogP contribution is 2.16. The smallest absolute Gasteiger partial charge is 0.0563 e. The summed E-state index contributed by atoms with van der Waals surface area (Å²) >= 11 is 0. The molecule has 1 heteroatoms. The summed E-state index contributed by atoms with van der Waals surface area (Å²) in [5.74, 6) is 0. The van der Waals surface area contributed by atoms with E-state index in [0.717, 1.165) is 0 Å². The van der Waals surface area contributed by atoms with Crippen molar-refractivity contribution >= 4 is 0 Å². The van der Waals surface area contributed by atoms with E-state index in [1.165, 1.54) is 5.70 Å². The molecule has 1 aliphatic heterocycles. The SMILES string of the molecule is C=CC1=CN1C. The summed E-state index contributed by atoms with van der Waals surface area (Å²) in [7, 11) is 2.00. The molecule has 6 heavy (non-hydrogen) atoms. The summed E-state index contributed by atoms with van der Waals surface area (Å²) in [6.45, 7) is 3.56. The number of hydrogen-bond acceptors (Lipinski definition) is 1. The largest absolute Gasteiger partial charge is 0.348 e. The summed E-state index contributed by atoms with van der Waals surface area (Å²) in [5.41, 5.74) is 1.23. The van der Waals surface area contributed by atoms with Crippen LogP contribution in [-0.2, 0) is 0 Å². The van der Waals surface area contributed by atoms with Crippen molar-refractivity contribution < 1.29 is 0 Å². The molecule has 0 atom stereocenters. The van der Waals surface area contributed by atoms with Crippen molar-refractivity contribution in [3.8, 4) is 0 Å². The van der Waals surface area contributed by atoms with Gasteiger partial charge >= 0.3 is 0 Å². The van der Waals surface area contributed by atoms with Crippen LogP contribution in [0.2, 0.25) is 0 Å². The Kier molecular flexibility index (Phi) is 0.502. The fourth-order valence-electron chi connectivity index (χ4n) is 0.366. The lowest BCUT2D eigenvalue weighted by Gasteiger charge is -1.83. The lowest BCUT2D eigenvalue weighted by atomic mass is 10.6. The van der Waals surface area contributed by atoms with Gasteiger partial charge in [-0.3, -0.25) is 0 Å². The summed E-state index contributed by atoms with van der Waals surface area (Å²) < 4.78 is 0. The van der Waals surface area contributed by atoms with Crippen LogP contribution in [0.4, 0.5) is 0 Å². The van der Waals surface area contributed by atoms with Crippen LogP contribution < -0.4 is 0 Å². The van der Waals surface area contributed by atoms with E-state index < -0.39 is 0 Å². The zero-order valence-electron chi connectivity index (χ0n) is 3.81. The quantitative estimate of drug-likeness (QED) is 0.454.